The van der Waals surface area contributed by atoms with Gasteiger partial charge >= 0.3 is 0 Å². The van der Waals surface area contributed by atoms with Gasteiger partial charge in [-0.15, -0.1) is 11.3 Å². The molecule has 1 aliphatic carbocycles. The molecule has 7 heteroatoms. The smallest absolute Gasteiger partial charge is 0.230 e. The number of amides is 1. The van der Waals surface area contributed by atoms with Crippen molar-refractivity contribution in [3.63, 3.8) is 0 Å². The molecule has 1 amide bonds. The van der Waals surface area contributed by atoms with Crippen molar-refractivity contribution in [1.29, 1.82) is 0 Å². The lowest BCUT2D eigenvalue weighted by atomic mass is 9.77. The van der Waals surface area contributed by atoms with E-state index in [9.17, 15) is 4.79 Å². The Bertz CT molecular complexity index is 798. The minimum atomic E-state index is -0.514. The standard InChI is InChI=1S/C20H27N3O3S/c1-23(2)19-22-15(13-27-19)12-21-18(24)20(9-5-6-10-20)14-7-8-16(25-3)17(11-14)26-4/h7-8,11,13H,5-6,9-10,12H2,1-4H3,(H,21,24). The zero-order chi connectivity index (χ0) is 19.4. The molecular weight excluding hydrogens is 362 g/mol. The van der Waals surface area contributed by atoms with Gasteiger partial charge in [0, 0.05) is 19.5 Å². The molecule has 3 rings (SSSR count). The number of aromatic nitrogens is 1. The zero-order valence-electron chi connectivity index (χ0n) is 16.4. The topological polar surface area (TPSA) is 63.7 Å². The summed E-state index contributed by atoms with van der Waals surface area (Å²) in [5, 5.41) is 6.05. The summed E-state index contributed by atoms with van der Waals surface area (Å²) in [6.45, 7) is 0.443. The van der Waals surface area contributed by atoms with Gasteiger partial charge in [0.05, 0.1) is 31.9 Å². The molecule has 0 spiro atoms. The number of nitrogens with zero attached hydrogens (tertiary/aromatic N) is 2. The Hall–Kier alpha value is -2.28. The maximum atomic E-state index is 13.2. The summed E-state index contributed by atoms with van der Waals surface area (Å²) >= 11 is 1.58. The average molecular weight is 390 g/mol. The lowest BCUT2D eigenvalue weighted by Gasteiger charge is -2.29. The second-order valence-corrected chi connectivity index (χ2v) is 7.89. The fraction of sp³-hybridized carbons (Fsp3) is 0.500. The molecule has 0 aliphatic heterocycles. The highest BCUT2D eigenvalue weighted by molar-refractivity contribution is 7.13. The highest BCUT2D eigenvalue weighted by Gasteiger charge is 2.43. The fourth-order valence-corrected chi connectivity index (χ4v) is 4.44. The molecule has 1 fully saturated rings. The van der Waals surface area contributed by atoms with Crippen molar-refractivity contribution in [1.82, 2.24) is 10.3 Å². The number of ether oxygens (including phenoxy) is 2. The largest absolute Gasteiger partial charge is 0.493 e. The SMILES string of the molecule is COc1ccc(C2(C(=O)NCc3csc(N(C)C)n3)CCCC2)cc1OC. The van der Waals surface area contributed by atoms with E-state index in [-0.39, 0.29) is 5.91 Å². The van der Waals surface area contributed by atoms with Crippen molar-refractivity contribution in [3.8, 4) is 11.5 Å². The Morgan fingerprint density at radius 1 is 1.22 bits per heavy atom. The molecule has 146 valence electrons. The summed E-state index contributed by atoms with van der Waals surface area (Å²) in [7, 11) is 7.16. The number of thiazole rings is 1. The van der Waals surface area contributed by atoms with E-state index in [1.807, 2.05) is 42.6 Å². The van der Waals surface area contributed by atoms with Gasteiger partial charge in [0.1, 0.15) is 0 Å². The van der Waals surface area contributed by atoms with Crippen LogP contribution in [0.5, 0.6) is 11.5 Å². The number of hydrogen-bond donors (Lipinski definition) is 1. The summed E-state index contributed by atoms with van der Waals surface area (Å²) in [5.41, 5.74) is 1.36. The van der Waals surface area contributed by atoms with Gasteiger partial charge in [-0.3, -0.25) is 4.79 Å². The second kappa shape index (κ2) is 8.17. The third-order valence-corrected chi connectivity index (χ3v) is 6.24. The molecule has 0 radical (unpaired) electrons. The van der Waals surface area contributed by atoms with Crippen LogP contribution in [0, 0.1) is 0 Å². The van der Waals surface area contributed by atoms with Crippen LogP contribution in [0.15, 0.2) is 23.6 Å². The maximum absolute atomic E-state index is 13.2. The average Bonchev–Trinajstić information content (AvgIpc) is 3.36. The van der Waals surface area contributed by atoms with Crippen molar-refractivity contribution in [2.45, 2.75) is 37.6 Å². The first-order valence-electron chi connectivity index (χ1n) is 9.12. The number of anilines is 1. The van der Waals surface area contributed by atoms with Crippen molar-refractivity contribution < 1.29 is 14.3 Å². The van der Waals surface area contributed by atoms with E-state index in [4.69, 9.17) is 9.47 Å². The van der Waals surface area contributed by atoms with Crippen LogP contribution in [0.1, 0.15) is 36.9 Å². The zero-order valence-corrected chi connectivity index (χ0v) is 17.2. The summed E-state index contributed by atoms with van der Waals surface area (Å²) in [6, 6.07) is 5.81. The number of nitrogens with one attached hydrogen (secondary N) is 1. The predicted molar refractivity (Wildman–Crippen MR) is 108 cm³/mol. The van der Waals surface area contributed by atoms with E-state index < -0.39 is 5.41 Å². The molecule has 2 aromatic rings. The lowest BCUT2D eigenvalue weighted by molar-refractivity contribution is -0.126. The number of benzene rings is 1. The number of hydrogen-bond acceptors (Lipinski definition) is 6. The fourth-order valence-electron chi connectivity index (χ4n) is 3.68. The molecule has 1 heterocycles. The van der Waals surface area contributed by atoms with Gasteiger partial charge in [-0.2, -0.15) is 0 Å². The first-order valence-corrected chi connectivity index (χ1v) is 10.0. The van der Waals surface area contributed by atoms with Crippen LogP contribution in [0.25, 0.3) is 0 Å². The summed E-state index contributed by atoms with van der Waals surface area (Å²) in [6.07, 6.45) is 3.77. The van der Waals surface area contributed by atoms with Gasteiger partial charge in [0.15, 0.2) is 16.6 Å². The first-order chi connectivity index (χ1) is 13.0. The minimum Gasteiger partial charge on any atom is -0.493 e. The van der Waals surface area contributed by atoms with Crippen molar-refractivity contribution in [2.75, 3.05) is 33.2 Å². The van der Waals surface area contributed by atoms with Gasteiger partial charge in [-0.05, 0) is 30.5 Å². The third-order valence-electron chi connectivity index (χ3n) is 5.18. The van der Waals surface area contributed by atoms with Crippen LogP contribution in [-0.2, 0) is 16.8 Å². The normalized spacial score (nSPS) is 15.4. The molecular formula is C20H27N3O3S. The van der Waals surface area contributed by atoms with E-state index in [1.54, 1.807) is 25.6 Å². The molecule has 1 N–H and O–H groups in total. The van der Waals surface area contributed by atoms with Crippen LogP contribution < -0.4 is 19.7 Å². The van der Waals surface area contributed by atoms with Gasteiger partial charge in [-0.25, -0.2) is 4.98 Å². The summed E-state index contributed by atoms with van der Waals surface area (Å²) in [4.78, 5) is 19.7. The second-order valence-electron chi connectivity index (χ2n) is 7.06. The van der Waals surface area contributed by atoms with E-state index in [0.717, 1.165) is 42.1 Å². The van der Waals surface area contributed by atoms with Crippen LogP contribution in [0.2, 0.25) is 0 Å². The molecule has 1 aliphatic rings. The molecule has 1 aromatic heterocycles. The van der Waals surface area contributed by atoms with E-state index in [0.29, 0.717) is 18.0 Å². The highest BCUT2D eigenvalue weighted by Crippen LogP contribution is 2.44. The molecule has 0 atom stereocenters. The predicted octanol–water partition coefficient (Wildman–Crippen LogP) is 3.35. The Morgan fingerprint density at radius 2 is 1.93 bits per heavy atom. The quantitative estimate of drug-likeness (QED) is 0.787. The van der Waals surface area contributed by atoms with Gasteiger partial charge < -0.3 is 19.7 Å². The monoisotopic (exact) mass is 389 g/mol. The molecule has 0 bridgehead atoms. The molecule has 0 saturated heterocycles. The first kappa shape index (κ1) is 19.5. The number of methoxy groups -OCH3 is 2. The van der Waals surface area contributed by atoms with E-state index >= 15 is 0 Å². The Labute approximate surface area is 164 Å². The Kier molecular flexibility index (Phi) is 5.89. The Morgan fingerprint density at radius 3 is 2.52 bits per heavy atom. The van der Waals surface area contributed by atoms with Crippen molar-refractivity contribution in [2.24, 2.45) is 0 Å². The van der Waals surface area contributed by atoms with E-state index in [2.05, 4.69) is 10.3 Å². The van der Waals surface area contributed by atoms with Crippen molar-refractivity contribution >= 4 is 22.4 Å². The number of rotatable bonds is 7. The van der Waals surface area contributed by atoms with Crippen LogP contribution in [-0.4, -0.2) is 39.2 Å². The third kappa shape index (κ3) is 3.88. The number of carbonyl (C=O) groups is 1. The molecule has 0 unspecified atom stereocenters. The summed E-state index contributed by atoms with van der Waals surface area (Å²) < 4.78 is 10.8. The lowest BCUT2D eigenvalue weighted by Crippen LogP contribution is -2.42. The van der Waals surface area contributed by atoms with Gasteiger partial charge in [0.2, 0.25) is 5.91 Å². The minimum absolute atomic E-state index is 0.0617. The Balaban J connectivity index is 1.80. The number of carbonyl (C=O) groups excluding carboxylic acids is 1. The molecule has 27 heavy (non-hydrogen) atoms. The maximum Gasteiger partial charge on any atom is 0.230 e. The van der Waals surface area contributed by atoms with Crippen molar-refractivity contribution in [3.05, 3.63) is 34.8 Å². The summed E-state index contributed by atoms with van der Waals surface area (Å²) in [5.74, 6) is 1.39. The van der Waals surface area contributed by atoms with Crippen LogP contribution in [0.4, 0.5) is 5.13 Å². The van der Waals surface area contributed by atoms with Gasteiger partial charge in [-0.1, -0.05) is 18.9 Å². The molecule has 6 nitrogen and oxygen atoms in total. The van der Waals surface area contributed by atoms with Crippen LogP contribution >= 0.6 is 11.3 Å². The molecule has 1 saturated carbocycles. The van der Waals surface area contributed by atoms with Gasteiger partial charge in [0.25, 0.3) is 0 Å². The van der Waals surface area contributed by atoms with E-state index in [1.165, 1.54) is 0 Å². The van der Waals surface area contributed by atoms with Crippen LogP contribution in [0.3, 0.4) is 0 Å². The highest BCUT2D eigenvalue weighted by atomic mass is 32.1. The molecule has 1 aromatic carbocycles.